The zero-order chi connectivity index (χ0) is 29.5. The maximum absolute atomic E-state index is 11.3. The molecule has 0 heterocycles. The zero-order valence-corrected chi connectivity index (χ0v) is 24.2. The minimum Gasteiger partial charge on any atom is -0.493 e. The number of aliphatic hydroxyl groups is 6. The lowest BCUT2D eigenvalue weighted by Gasteiger charge is -2.34. The van der Waals surface area contributed by atoms with Gasteiger partial charge in [-0.05, 0) is 67.2 Å². The lowest BCUT2D eigenvalue weighted by atomic mass is 9.80. The highest BCUT2D eigenvalue weighted by molar-refractivity contribution is 5.35. The molecule has 2 aromatic rings. The summed E-state index contributed by atoms with van der Waals surface area (Å²) in [6, 6.07) is 15.5. The van der Waals surface area contributed by atoms with E-state index >= 15 is 0 Å². The summed E-state index contributed by atoms with van der Waals surface area (Å²) in [5.74, 6) is 1.11. The van der Waals surface area contributed by atoms with Gasteiger partial charge in [-0.15, -0.1) is 0 Å². The van der Waals surface area contributed by atoms with Crippen molar-refractivity contribution in [1.82, 2.24) is 0 Å². The van der Waals surface area contributed by atoms with Crippen LogP contribution in [0, 0.1) is 11.8 Å². The van der Waals surface area contributed by atoms with Crippen molar-refractivity contribution in [1.29, 1.82) is 0 Å². The van der Waals surface area contributed by atoms with Gasteiger partial charge in [0.15, 0.2) is 0 Å². The maximum atomic E-state index is 11.3. The van der Waals surface area contributed by atoms with Gasteiger partial charge in [-0.2, -0.15) is 0 Å². The van der Waals surface area contributed by atoms with Crippen molar-refractivity contribution in [2.75, 3.05) is 19.8 Å². The summed E-state index contributed by atoms with van der Waals surface area (Å²) in [6.07, 6.45) is -3.01. The maximum Gasteiger partial charge on any atom is 0.122 e. The molecule has 8 nitrogen and oxygen atoms in total. The molecule has 2 aromatic carbocycles. The smallest absolute Gasteiger partial charge is 0.122 e. The fourth-order valence-electron chi connectivity index (χ4n) is 4.90. The van der Waals surface area contributed by atoms with Crippen molar-refractivity contribution in [3.8, 4) is 11.5 Å². The molecule has 0 fully saturated rings. The Labute approximate surface area is 239 Å². The molecule has 0 saturated heterocycles. The topological polar surface area (TPSA) is 140 Å². The van der Waals surface area contributed by atoms with Gasteiger partial charge >= 0.3 is 0 Å². The molecule has 2 rings (SSSR count). The number of para-hydroxylation sites is 2. The van der Waals surface area contributed by atoms with Gasteiger partial charge in [-0.3, -0.25) is 0 Å². The molecule has 0 aliphatic carbocycles. The second-order valence-electron chi connectivity index (χ2n) is 10.8. The second-order valence-corrected chi connectivity index (χ2v) is 10.8. The molecule has 7 atom stereocenters. The van der Waals surface area contributed by atoms with E-state index in [0.29, 0.717) is 38.2 Å². The monoisotopic (exact) mass is 562 g/mol. The van der Waals surface area contributed by atoms with E-state index in [-0.39, 0.29) is 5.92 Å². The molecule has 0 aromatic heterocycles. The van der Waals surface area contributed by atoms with E-state index in [1.807, 2.05) is 48.5 Å². The van der Waals surface area contributed by atoms with E-state index in [1.54, 1.807) is 0 Å². The Morgan fingerprint density at radius 1 is 0.650 bits per heavy atom. The quantitative estimate of drug-likeness (QED) is 0.135. The molecule has 3 unspecified atom stereocenters. The van der Waals surface area contributed by atoms with Crippen molar-refractivity contribution < 1.29 is 40.1 Å². The van der Waals surface area contributed by atoms with Gasteiger partial charge in [0.1, 0.15) is 35.9 Å². The summed E-state index contributed by atoms with van der Waals surface area (Å²) < 4.78 is 12.0. The summed E-state index contributed by atoms with van der Waals surface area (Å²) in [5, 5.41) is 61.8. The normalized spacial score (nSPS) is 16.9. The van der Waals surface area contributed by atoms with Crippen LogP contribution in [0.15, 0.2) is 48.5 Å². The van der Waals surface area contributed by atoms with Gasteiger partial charge in [0.05, 0.1) is 25.9 Å². The molecule has 0 aliphatic rings. The molecular weight excluding hydrogens is 512 g/mol. The molecule has 0 saturated carbocycles. The number of unbranched alkanes of at least 4 members (excludes halogenated alkanes) is 2. The van der Waals surface area contributed by atoms with Crippen LogP contribution in [0.25, 0.3) is 0 Å². The van der Waals surface area contributed by atoms with Crippen LogP contribution in [0.1, 0.15) is 64.0 Å². The first-order chi connectivity index (χ1) is 19.2. The van der Waals surface area contributed by atoms with E-state index in [4.69, 9.17) is 14.6 Å². The van der Waals surface area contributed by atoms with E-state index in [9.17, 15) is 25.5 Å². The van der Waals surface area contributed by atoms with Crippen molar-refractivity contribution >= 4 is 0 Å². The summed E-state index contributed by atoms with van der Waals surface area (Å²) >= 11 is 0. The number of rotatable bonds is 20. The third-order valence-corrected chi connectivity index (χ3v) is 7.33. The molecule has 8 heteroatoms. The number of hydrogen-bond acceptors (Lipinski definition) is 8. The van der Waals surface area contributed by atoms with E-state index in [0.717, 1.165) is 42.6 Å². The Hall–Kier alpha value is -2.20. The van der Waals surface area contributed by atoms with Crippen molar-refractivity contribution in [3.05, 3.63) is 59.7 Å². The minimum absolute atomic E-state index is 0.0704. The van der Waals surface area contributed by atoms with E-state index < -0.39 is 43.0 Å². The first kappa shape index (κ1) is 34.0. The predicted octanol–water partition coefficient (Wildman–Crippen LogP) is 3.27. The van der Waals surface area contributed by atoms with Crippen LogP contribution in [0.5, 0.6) is 11.5 Å². The number of aliphatic hydroxyl groups excluding tert-OH is 6. The lowest BCUT2D eigenvalue weighted by molar-refractivity contribution is -0.149. The number of benzene rings is 2. The Morgan fingerprint density at radius 2 is 1.12 bits per heavy atom. The van der Waals surface area contributed by atoms with Gasteiger partial charge in [0.25, 0.3) is 0 Å². The Morgan fingerprint density at radius 3 is 1.62 bits per heavy atom. The van der Waals surface area contributed by atoms with Gasteiger partial charge in [0, 0.05) is 0 Å². The first-order valence-corrected chi connectivity index (χ1v) is 14.7. The molecule has 0 radical (unpaired) electrons. The van der Waals surface area contributed by atoms with Crippen LogP contribution < -0.4 is 9.47 Å². The summed E-state index contributed by atoms with van der Waals surface area (Å²) in [4.78, 5) is 0. The summed E-state index contributed by atoms with van der Waals surface area (Å²) in [6.45, 7) is 6.70. The van der Waals surface area contributed by atoms with Crippen molar-refractivity contribution in [3.63, 3.8) is 0 Å². The average molecular weight is 563 g/mol. The average Bonchev–Trinajstić information content (AvgIpc) is 2.96. The molecule has 0 spiro atoms. The largest absolute Gasteiger partial charge is 0.493 e. The zero-order valence-electron chi connectivity index (χ0n) is 24.2. The second kappa shape index (κ2) is 18.3. The van der Waals surface area contributed by atoms with Crippen LogP contribution in [0.4, 0.5) is 0 Å². The fraction of sp³-hybridized carbons (Fsp3) is 0.625. The van der Waals surface area contributed by atoms with Gasteiger partial charge < -0.3 is 40.1 Å². The van der Waals surface area contributed by atoms with Gasteiger partial charge in [-0.25, -0.2) is 0 Å². The first-order valence-electron chi connectivity index (χ1n) is 14.7. The molecule has 40 heavy (non-hydrogen) atoms. The standard InChI is InChI=1S/C32H50O8/c1-4-6-16-39-27-14-10-8-12-23(27)18-22(3)19-25(29(35)31(37)32(38)30(36)26(34)21-33)20-24-13-9-11-15-28(24)40-17-7-5-2/h8-15,22,25-26,29-38H,4-7,16-21H2,1-3H3/t22?,25?,26-,29?,30+,31+,32-/m0/s1. The number of hydrogen-bond donors (Lipinski definition) is 6. The Bertz CT molecular complexity index is 954. The molecule has 6 N–H and O–H groups in total. The van der Waals surface area contributed by atoms with Crippen LogP contribution in [0.2, 0.25) is 0 Å². The van der Waals surface area contributed by atoms with Crippen LogP contribution in [-0.2, 0) is 12.8 Å². The Kier molecular flexibility index (Phi) is 15.5. The SMILES string of the molecule is CCCCOc1ccccc1CC(C)CC(Cc1ccccc1OCCCC)C(O)[C@@H](O)[C@@H](O)[C@H](O)[C@@H](O)CO. The molecular formula is C32H50O8. The third-order valence-electron chi connectivity index (χ3n) is 7.33. The predicted molar refractivity (Wildman–Crippen MR) is 155 cm³/mol. The minimum atomic E-state index is -1.85. The van der Waals surface area contributed by atoms with Crippen LogP contribution >= 0.6 is 0 Å². The van der Waals surface area contributed by atoms with Crippen LogP contribution in [-0.4, -0.2) is 81.0 Å². The fourth-order valence-corrected chi connectivity index (χ4v) is 4.90. The van der Waals surface area contributed by atoms with Gasteiger partial charge in [-0.1, -0.05) is 70.0 Å². The highest BCUT2D eigenvalue weighted by atomic mass is 16.5. The highest BCUT2D eigenvalue weighted by Gasteiger charge is 2.38. The van der Waals surface area contributed by atoms with Crippen molar-refractivity contribution in [2.45, 2.75) is 96.2 Å². The van der Waals surface area contributed by atoms with Gasteiger partial charge in [0.2, 0.25) is 0 Å². The molecule has 226 valence electrons. The third kappa shape index (κ3) is 10.7. The van der Waals surface area contributed by atoms with E-state index in [1.165, 1.54) is 0 Å². The Balaban J connectivity index is 2.27. The van der Waals surface area contributed by atoms with Crippen molar-refractivity contribution in [2.24, 2.45) is 11.8 Å². The lowest BCUT2D eigenvalue weighted by Crippen LogP contribution is -2.52. The molecule has 0 aliphatic heterocycles. The highest BCUT2D eigenvalue weighted by Crippen LogP contribution is 2.31. The van der Waals surface area contributed by atoms with Crippen LogP contribution in [0.3, 0.4) is 0 Å². The molecule has 0 bridgehead atoms. The van der Waals surface area contributed by atoms with E-state index in [2.05, 4.69) is 20.8 Å². The summed E-state index contributed by atoms with van der Waals surface area (Å²) in [5.41, 5.74) is 1.93. The summed E-state index contributed by atoms with van der Waals surface area (Å²) in [7, 11) is 0. The molecule has 0 amide bonds. The number of ether oxygens (including phenoxy) is 2.